The Labute approximate surface area is 149 Å². The number of aliphatic imine (C=N–C) groups is 1. The number of hydrogen-bond acceptors (Lipinski definition) is 4. The molecule has 2 rings (SSSR count). The Kier molecular flexibility index (Phi) is 7.91. The van der Waals surface area contributed by atoms with Crippen LogP contribution < -0.4 is 10.6 Å². The molecule has 0 bridgehead atoms. The summed E-state index contributed by atoms with van der Waals surface area (Å²) in [5.41, 5.74) is 2.36. The molecule has 7 nitrogen and oxygen atoms in total. The maximum Gasteiger partial charge on any atom is 0.191 e. The molecule has 0 aliphatic heterocycles. The molecule has 1 aromatic heterocycles. The Morgan fingerprint density at radius 2 is 2.00 bits per heavy atom. The zero-order valence-electron chi connectivity index (χ0n) is 15.3. The first-order valence-corrected chi connectivity index (χ1v) is 8.74. The molecule has 1 heterocycles. The fourth-order valence-electron chi connectivity index (χ4n) is 2.33. The van der Waals surface area contributed by atoms with Crippen LogP contribution in [0.25, 0.3) is 0 Å². The number of ether oxygens (including phenoxy) is 1. The van der Waals surface area contributed by atoms with Gasteiger partial charge in [0.05, 0.1) is 19.7 Å². The number of aromatic nitrogens is 3. The summed E-state index contributed by atoms with van der Waals surface area (Å²) in [6, 6.07) is 8.27. The average molecular weight is 344 g/mol. The molecular formula is C18H28N6O. The second-order valence-corrected chi connectivity index (χ2v) is 5.67. The van der Waals surface area contributed by atoms with Gasteiger partial charge in [-0.15, -0.1) is 0 Å². The second-order valence-electron chi connectivity index (χ2n) is 5.67. The minimum Gasteiger partial charge on any atom is -0.377 e. The van der Waals surface area contributed by atoms with Gasteiger partial charge in [-0.2, -0.15) is 5.10 Å². The summed E-state index contributed by atoms with van der Waals surface area (Å²) in [5, 5.41) is 10.6. The lowest BCUT2D eigenvalue weighted by Gasteiger charge is -2.12. The highest BCUT2D eigenvalue weighted by Gasteiger charge is 2.05. The quantitative estimate of drug-likeness (QED) is 0.413. The second kappa shape index (κ2) is 10.5. The molecule has 2 aromatic rings. The van der Waals surface area contributed by atoms with Crippen molar-refractivity contribution in [1.82, 2.24) is 25.4 Å². The van der Waals surface area contributed by atoms with E-state index in [4.69, 9.17) is 4.74 Å². The monoisotopic (exact) mass is 344 g/mol. The van der Waals surface area contributed by atoms with Crippen molar-refractivity contribution in [1.29, 1.82) is 0 Å². The smallest absolute Gasteiger partial charge is 0.191 e. The van der Waals surface area contributed by atoms with Gasteiger partial charge >= 0.3 is 0 Å². The molecule has 136 valence electrons. The van der Waals surface area contributed by atoms with E-state index in [0.717, 1.165) is 31.4 Å². The molecule has 7 heteroatoms. The van der Waals surface area contributed by atoms with Gasteiger partial charge in [0.1, 0.15) is 12.2 Å². The van der Waals surface area contributed by atoms with Gasteiger partial charge in [0.2, 0.25) is 0 Å². The SMILES string of the molecule is CCCOCc1ccccc1CN=C(NCC)NCc1ncnn1C. The molecule has 0 aliphatic rings. The van der Waals surface area contributed by atoms with Crippen molar-refractivity contribution in [3.8, 4) is 0 Å². The van der Waals surface area contributed by atoms with E-state index in [1.54, 1.807) is 11.0 Å². The van der Waals surface area contributed by atoms with E-state index >= 15 is 0 Å². The summed E-state index contributed by atoms with van der Waals surface area (Å²) in [6.07, 6.45) is 2.57. The van der Waals surface area contributed by atoms with Crippen molar-refractivity contribution in [2.75, 3.05) is 13.2 Å². The standard InChI is InChI=1S/C18H28N6O/c1-4-10-25-13-16-9-7-6-8-15(16)11-20-18(19-5-2)21-12-17-22-14-23-24(17)3/h6-9,14H,4-5,10-13H2,1-3H3,(H2,19,20,21). The van der Waals surface area contributed by atoms with Gasteiger partial charge in [-0.05, 0) is 24.5 Å². The van der Waals surface area contributed by atoms with E-state index in [1.807, 2.05) is 26.1 Å². The summed E-state index contributed by atoms with van der Waals surface area (Å²) in [7, 11) is 1.88. The third-order valence-corrected chi connectivity index (χ3v) is 3.70. The summed E-state index contributed by atoms with van der Waals surface area (Å²) in [5.74, 6) is 1.62. The van der Waals surface area contributed by atoms with Gasteiger partial charge < -0.3 is 15.4 Å². The Balaban J connectivity index is 1.99. The van der Waals surface area contributed by atoms with Crippen LogP contribution in [0.15, 0.2) is 35.6 Å². The van der Waals surface area contributed by atoms with Crippen molar-refractivity contribution < 1.29 is 4.74 Å². The fraction of sp³-hybridized carbons (Fsp3) is 0.500. The van der Waals surface area contributed by atoms with E-state index in [0.29, 0.717) is 19.7 Å². The van der Waals surface area contributed by atoms with E-state index in [2.05, 4.69) is 44.8 Å². The molecule has 0 aliphatic carbocycles. The lowest BCUT2D eigenvalue weighted by molar-refractivity contribution is 0.121. The van der Waals surface area contributed by atoms with Gasteiger partial charge in [-0.3, -0.25) is 4.68 Å². The van der Waals surface area contributed by atoms with Crippen LogP contribution in [0, 0.1) is 0 Å². The van der Waals surface area contributed by atoms with Crippen LogP contribution in [-0.4, -0.2) is 33.9 Å². The minimum absolute atomic E-state index is 0.573. The summed E-state index contributed by atoms with van der Waals surface area (Å²) in [4.78, 5) is 8.90. The lowest BCUT2D eigenvalue weighted by Crippen LogP contribution is -2.37. The lowest BCUT2D eigenvalue weighted by atomic mass is 10.1. The van der Waals surface area contributed by atoms with Crippen LogP contribution in [0.5, 0.6) is 0 Å². The topological polar surface area (TPSA) is 76.4 Å². The Hall–Kier alpha value is -2.41. The highest BCUT2D eigenvalue weighted by atomic mass is 16.5. The number of nitrogens with one attached hydrogen (secondary N) is 2. The molecule has 1 aromatic carbocycles. The minimum atomic E-state index is 0.573. The highest BCUT2D eigenvalue weighted by Crippen LogP contribution is 2.11. The maximum atomic E-state index is 5.68. The first kappa shape index (κ1) is 18.9. The van der Waals surface area contributed by atoms with Crippen molar-refractivity contribution in [2.24, 2.45) is 12.0 Å². The van der Waals surface area contributed by atoms with Gasteiger partial charge in [0, 0.05) is 20.2 Å². The molecule has 0 spiro atoms. The predicted molar refractivity (Wildman–Crippen MR) is 99.0 cm³/mol. The van der Waals surface area contributed by atoms with Crippen molar-refractivity contribution in [3.63, 3.8) is 0 Å². The van der Waals surface area contributed by atoms with Crippen LogP contribution in [0.1, 0.15) is 37.2 Å². The molecule has 0 saturated carbocycles. The third-order valence-electron chi connectivity index (χ3n) is 3.70. The first-order valence-electron chi connectivity index (χ1n) is 8.74. The van der Waals surface area contributed by atoms with E-state index in [1.165, 1.54) is 11.1 Å². The molecule has 0 atom stereocenters. The number of rotatable bonds is 9. The predicted octanol–water partition coefficient (Wildman–Crippen LogP) is 2.00. The summed E-state index contributed by atoms with van der Waals surface area (Å²) >= 11 is 0. The Morgan fingerprint density at radius 3 is 2.68 bits per heavy atom. The van der Waals surface area contributed by atoms with Gasteiger partial charge in [-0.1, -0.05) is 31.2 Å². The maximum absolute atomic E-state index is 5.68. The average Bonchev–Trinajstić information content (AvgIpc) is 3.03. The molecular weight excluding hydrogens is 316 g/mol. The molecule has 25 heavy (non-hydrogen) atoms. The first-order chi connectivity index (χ1) is 12.2. The van der Waals surface area contributed by atoms with Gasteiger partial charge in [0.25, 0.3) is 0 Å². The van der Waals surface area contributed by atoms with E-state index in [-0.39, 0.29) is 0 Å². The van der Waals surface area contributed by atoms with E-state index in [9.17, 15) is 0 Å². The zero-order valence-corrected chi connectivity index (χ0v) is 15.3. The largest absolute Gasteiger partial charge is 0.377 e. The van der Waals surface area contributed by atoms with Crippen LogP contribution in [0.2, 0.25) is 0 Å². The van der Waals surface area contributed by atoms with Crippen molar-refractivity contribution in [3.05, 3.63) is 47.5 Å². The number of hydrogen-bond donors (Lipinski definition) is 2. The van der Waals surface area contributed by atoms with Gasteiger partial charge in [0.15, 0.2) is 5.96 Å². The summed E-state index contributed by atoms with van der Waals surface area (Å²) < 4.78 is 7.42. The zero-order chi connectivity index (χ0) is 17.9. The van der Waals surface area contributed by atoms with Crippen LogP contribution in [0.3, 0.4) is 0 Å². The molecule has 2 N–H and O–H groups in total. The fourth-order valence-corrected chi connectivity index (χ4v) is 2.33. The molecule has 0 saturated heterocycles. The van der Waals surface area contributed by atoms with Gasteiger partial charge in [-0.25, -0.2) is 9.98 Å². The van der Waals surface area contributed by atoms with Crippen molar-refractivity contribution in [2.45, 2.75) is 40.0 Å². The number of guanidine groups is 1. The van der Waals surface area contributed by atoms with Crippen LogP contribution in [0.4, 0.5) is 0 Å². The number of benzene rings is 1. The molecule has 0 radical (unpaired) electrons. The number of nitrogens with zero attached hydrogens (tertiary/aromatic N) is 4. The Bertz CT molecular complexity index is 667. The Morgan fingerprint density at radius 1 is 1.20 bits per heavy atom. The van der Waals surface area contributed by atoms with E-state index < -0.39 is 0 Å². The molecule has 0 amide bonds. The number of aryl methyl sites for hydroxylation is 1. The van der Waals surface area contributed by atoms with Crippen molar-refractivity contribution >= 4 is 5.96 Å². The highest BCUT2D eigenvalue weighted by molar-refractivity contribution is 5.79. The third kappa shape index (κ3) is 6.19. The normalized spacial score (nSPS) is 11.6. The summed E-state index contributed by atoms with van der Waals surface area (Å²) in [6.45, 7) is 7.53. The molecule has 0 unspecified atom stereocenters. The van der Waals surface area contributed by atoms with Crippen LogP contribution >= 0.6 is 0 Å². The molecule has 0 fully saturated rings. The van der Waals surface area contributed by atoms with Crippen LogP contribution in [-0.2, 0) is 31.5 Å².